The van der Waals surface area contributed by atoms with Crippen LogP contribution in [-0.2, 0) is 19.7 Å². The third-order valence-electron chi connectivity index (χ3n) is 8.38. The van der Waals surface area contributed by atoms with Gasteiger partial charge in [0.05, 0.1) is 11.0 Å². The van der Waals surface area contributed by atoms with Crippen molar-refractivity contribution in [2.24, 2.45) is 17.3 Å². The molecule has 0 radical (unpaired) electrons. The van der Waals surface area contributed by atoms with Gasteiger partial charge in [-0.3, -0.25) is 25.2 Å². The van der Waals surface area contributed by atoms with E-state index in [2.05, 4.69) is 42.9 Å². The van der Waals surface area contributed by atoms with Crippen LogP contribution in [0.25, 0.3) is 0 Å². The molecule has 0 saturated heterocycles. The molecule has 4 aliphatic rings. The van der Waals surface area contributed by atoms with Crippen LogP contribution in [0.1, 0.15) is 65.6 Å². The van der Waals surface area contributed by atoms with Crippen molar-refractivity contribution in [1.82, 2.24) is 10.9 Å². The van der Waals surface area contributed by atoms with Crippen LogP contribution >= 0.6 is 0 Å². The molecule has 2 aromatic rings. The highest BCUT2D eigenvalue weighted by atomic mass is 19.1. The van der Waals surface area contributed by atoms with E-state index in [9.17, 15) is 18.8 Å². The zero-order valence-corrected chi connectivity index (χ0v) is 20.2. The molecule has 2 unspecified atom stereocenters. The number of aryl methyl sites for hydroxylation is 2. The van der Waals surface area contributed by atoms with E-state index in [0.717, 1.165) is 44.6 Å². The van der Waals surface area contributed by atoms with Crippen LogP contribution in [0.4, 0.5) is 4.39 Å². The van der Waals surface area contributed by atoms with Crippen LogP contribution in [0.2, 0.25) is 0 Å². The lowest BCUT2D eigenvalue weighted by Crippen LogP contribution is -2.57. The van der Waals surface area contributed by atoms with Gasteiger partial charge in [-0.1, -0.05) is 30.3 Å². The van der Waals surface area contributed by atoms with Crippen molar-refractivity contribution in [3.8, 4) is 0 Å². The number of amides is 2. The Balaban J connectivity index is 1.23. The highest BCUT2D eigenvalue weighted by Crippen LogP contribution is 2.66. The molecule has 6 rings (SSSR count). The summed E-state index contributed by atoms with van der Waals surface area (Å²) in [5.74, 6) is -1.49. The minimum atomic E-state index is -0.779. The zero-order valence-electron chi connectivity index (χ0n) is 20.2. The van der Waals surface area contributed by atoms with Gasteiger partial charge in [-0.15, -0.1) is 0 Å². The highest BCUT2D eigenvalue weighted by molar-refractivity contribution is 5.95. The third kappa shape index (κ3) is 4.32. The van der Waals surface area contributed by atoms with Crippen LogP contribution in [0.5, 0.6) is 0 Å². The highest BCUT2D eigenvalue weighted by Gasteiger charge is 2.61. The number of nitrogens with one attached hydrogen (secondary N) is 2. The second-order valence-corrected chi connectivity index (χ2v) is 10.9. The van der Waals surface area contributed by atoms with Gasteiger partial charge in [0.1, 0.15) is 5.82 Å². The third-order valence-corrected chi connectivity index (χ3v) is 8.38. The number of hydrazine groups is 1. The Morgan fingerprint density at radius 3 is 2.37 bits per heavy atom. The van der Waals surface area contributed by atoms with Crippen molar-refractivity contribution in [3.63, 3.8) is 0 Å². The van der Waals surface area contributed by atoms with Crippen LogP contribution in [0.3, 0.4) is 0 Å². The number of benzene rings is 2. The summed E-state index contributed by atoms with van der Waals surface area (Å²) in [6.45, 7) is 3.75. The fraction of sp³-hybridized carbons (Fsp3) is 0.464. The van der Waals surface area contributed by atoms with E-state index in [1.165, 1.54) is 34.9 Å². The van der Waals surface area contributed by atoms with E-state index in [1.807, 2.05) is 0 Å². The van der Waals surface area contributed by atoms with Crippen LogP contribution in [-0.4, -0.2) is 24.4 Å². The average molecular weight is 479 g/mol. The van der Waals surface area contributed by atoms with Crippen molar-refractivity contribution in [3.05, 3.63) is 70.5 Å². The molecule has 4 bridgehead atoms. The van der Waals surface area contributed by atoms with E-state index in [4.69, 9.17) is 4.74 Å². The molecule has 0 spiro atoms. The van der Waals surface area contributed by atoms with Gasteiger partial charge in [0, 0.05) is 0 Å². The molecule has 4 saturated carbocycles. The average Bonchev–Trinajstić information content (AvgIpc) is 2.82. The van der Waals surface area contributed by atoms with Gasteiger partial charge >= 0.3 is 5.97 Å². The normalized spacial score (nSPS) is 28.4. The molecule has 4 aliphatic carbocycles. The molecular formula is C28H31FN2O4. The quantitative estimate of drug-likeness (QED) is 0.496. The van der Waals surface area contributed by atoms with Crippen molar-refractivity contribution < 1.29 is 23.5 Å². The molecule has 2 amide bonds. The van der Waals surface area contributed by atoms with Gasteiger partial charge in [0.2, 0.25) is 0 Å². The van der Waals surface area contributed by atoms with Gasteiger partial charge in [0.15, 0.2) is 6.61 Å². The molecule has 2 atom stereocenters. The Bertz CT molecular complexity index is 1180. The van der Waals surface area contributed by atoms with Crippen molar-refractivity contribution in [1.29, 1.82) is 0 Å². The summed E-state index contributed by atoms with van der Waals surface area (Å²) in [5, 5.41) is 0. The summed E-state index contributed by atoms with van der Waals surface area (Å²) in [6, 6.07) is 12.2. The van der Waals surface area contributed by atoms with Crippen LogP contribution in [0.15, 0.2) is 42.5 Å². The summed E-state index contributed by atoms with van der Waals surface area (Å²) in [4.78, 5) is 37.7. The van der Waals surface area contributed by atoms with Gasteiger partial charge in [-0.05, 0) is 98.4 Å². The number of ether oxygens (including phenoxy) is 1. The molecule has 35 heavy (non-hydrogen) atoms. The van der Waals surface area contributed by atoms with E-state index < -0.39 is 29.7 Å². The van der Waals surface area contributed by atoms with E-state index in [0.29, 0.717) is 11.8 Å². The zero-order chi connectivity index (χ0) is 24.8. The molecule has 184 valence electrons. The molecule has 0 heterocycles. The Kier molecular flexibility index (Phi) is 5.90. The molecular weight excluding hydrogens is 447 g/mol. The van der Waals surface area contributed by atoms with E-state index >= 15 is 0 Å². The number of hydrogen-bond donors (Lipinski definition) is 2. The SMILES string of the molecule is Cc1ccc(C23CC4CC(CC(C(=O)OCC(=O)NNC(=O)c5ccccc5F)(C4)C2)C3)cc1C. The Hall–Kier alpha value is -3.22. The summed E-state index contributed by atoms with van der Waals surface area (Å²) < 4.78 is 19.2. The molecule has 2 aromatic carbocycles. The first-order valence-electron chi connectivity index (χ1n) is 12.3. The largest absolute Gasteiger partial charge is 0.455 e. The summed E-state index contributed by atoms with van der Waals surface area (Å²) in [5.41, 5.74) is 7.45. The molecule has 0 aromatic heterocycles. The van der Waals surface area contributed by atoms with Gasteiger partial charge in [0.25, 0.3) is 11.8 Å². The summed E-state index contributed by atoms with van der Waals surface area (Å²) in [6.07, 6.45) is 5.72. The van der Waals surface area contributed by atoms with Crippen LogP contribution < -0.4 is 10.9 Å². The minimum absolute atomic E-state index is 0.0163. The molecule has 0 aliphatic heterocycles. The first-order chi connectivity index (χ1) is 16.7. The Morgan fingerprint density at radius 1 is 0.971 bits per heavy atom. The maximum Gasteiger partial charge on any atom is 0.312 e. The summed E-state index contributed by atoms with van der Waals surface area (Å²) in [7, 11) is 0. The lowest BCUT2D eigenvalue weighted by atomic mass is 9.43. The fourth-order valence-corrected chi connectivity index (χ4v) is 7.07. The smallest absolute Gasteiger partial charge is 0.312 e. The van der Waals surface area contributed by atoms with Crippen molar-refractivity contribution in [2.45, 2.75) is 57.8 Å². The number of esters is 1. The number of carbonyl (C=O) groups excluding carboxylic acids is 3. The Labute approximate surface area is 204 Å². The van der Waals surface area contributed by atoms with E-state index in [1.54, 1.807) is 0 Å². The van der Waals surface area contributed by atoms with Crippen molar-refractivity contribution in [2.75, 3.05) is 6.61 Å². The standard InChI is InChI=1S/C28H31FN2O4/c1-17-7-8-21(9-18(17)2)27-11-19-10-20(12-27)14-28(13-19,16-27)26(34)35-15-24(32)30-31-25(33)22-5-3-4-6-23(22)29/h3-9,19-20H,10-16H2,1-2H3,(H,30,32)(H,31,33). The maximum absolute atomic E-state index is 13.7. The predicted molar refractivity (Wildman–Crippen MR) is 128 cm³/mol. The summed E-state index contributed by atoms with van der Waals surface area (Å²) >= 11 is 0. The number of carbonyl (C=O) groups is 3. The second-order valence-electron chi connectivity index (χ2n) is 10.9. The van der Waals surface area contributed by atoms with Gasteiger partial charge in [-0.2, -0.15) is 0 Å². The minimum Gasteiger partial charge on any atom is -0.455 e. The number of rotatable bonds is 5. The molecule has 2 N–H and O–H groups in total. The van der Waals surface area contributed by atoms with E-state index in [-0.39, 0.29) is 16.9 Å². The first kappa shape index (κ1) is 23.5. The number of hydrogen-bond acceptors (Lipinski definition) is 4. The van der Waals surface area contributed by atoms with Crippen LogP contribution in [0, 0.1) is 36.9 Å². The lowest BCUT2D eigenvalue weighted by Gasteiger charge is -2.61. The van der Waals surface area contributed by atoms with Gasteiger partial charge in [-0.25, -0.2) is 4.39 Å². The topological polar surface area (TPSA) is 84.5 Å². The second kappa shape index (κ2) is 8.77. The number of halogens is 1. The molecule has 4 fully saturated rings. The monoisotopic (exact) mass is 478 g/mol. The maximum atomic E-state index is 13.7. The molecule has 6 nitrogen and oxygen atoms in total. The fourth-order valence-electron chi connectivity index (χ4n) is 7.07. The Morgan fingerprint density at radius 2 is 1.69 bits per heavy atom. The van der Waals surface area contributed by atoms with Gasteiger partial charge < -0.3 is 4.74 Å². The molecule has 7 heteroatoms. The first-order valence-corrected chi connectivity index (χ1v) is 12.3. The lowest BCUT2D eigenvalue weighted by molar-refractivity contribution is -0.175. The predicted octanol–water partition coefficient (Wildman–Crippen LogP) is 4.28. The van der Waals surface area contributed by atoms with Crippen molar-refractivity contribution >= 4 is 17.8 Å².